The van der Waals surface area contributed by atoms with Crippen LogP contribution in [0.5, 0.6) is 17.2 Å². The van der Waals surface area contributed by atoms with Crippen LogP contribution in [-0.4, -0.2) is 43.7 Å². The van der Waals surface area contributed by atoms with Crippen LogP contribution in [0, 0.1) is 13.8 Å². The molecule has 0 spiro atoms. The van der Waals surface area contributed by atoms with Crippen molar-refractivity contribution in [3.8, 4) is 28.6 Å². The Kier molecular flexibility index (Phi) is 6.79. The first-order valence-corrected chi connectivity index (χ1v) is 9.99. The number of rotatable bonds is 8. The molecule has 0 saturated heterocycles. The Bertz CT molecular complexity index is 1150. The molecule has 0 radical (unpaired) electrons. The number of aryl methyl sites for hydroxylation is 2. The van der Waals surface area contributed by atoms with E-state index in [0.29, 0.717) is 47.7 Å². The monoisotopic (exact) mass is 425 g/mol. The highest BCUT2D eigenvalue weighted by Crippen LogP contribution is 2.31. The Balaban J connectivity index is 1.94. The molecule has 2 N–H and O–H groups in total. The number of carbonyl (C=O) groups is 1. The number of aromatic amines is 1. The van der Waals surface area contributed by atoms with Crippen LogP contribution in [0.4, 0.5) is 0 Å². The number of hydrogen-bond donors (Lipinski definition) is 2. The fraction of sp³-hybridized carbons (Fsp3) is 0.348. The number of carbonyl (C=O) groups excluding carboxylic acids is 1. The van der Waals surface area contributed by atoms with Crippen molar-refractivity contribution in [3.63, 3.8) is 0 Å². The van der Waals surface area contributed by atoms with Gasteiger partial charge in [-0.3, -0.25) is 9.59 Å². The van der Waals surface area contributed by atoms with Gasteiger partial charge in [-0.1, -0.05) is 0 Å². The second-order valence-electron chi connectivity index (χ2n) is 7.20. The summed E-state index contributed by atoms with van der Waals surface area (Å²) in [5, 5.41) is 2.97. The summed E-state index contributed by atoms with van der Waals surface area (Å²) in [6.45, 7) is 4.32. The lowest BCUT2D eigenvalue weighted by atomic mass is 10.0. The molecule has 0 atom stereocenters. The Morgan fingerprint density at radius 1 is 1.10 bits per heavy atom. The van der Waals surface area contributed by atoms with Crippen LogP contribution in [-0.2, 0) is 4.79 Å². The molecule has 0 fully saturated rings. The van der Waals surface area contributed by atoms with E-state index in [2.05, 4.69) is 15.3 Å². The largest absolute Gasteiger partial charge is 0.497 e. The molecule has 0 aliphatic carbocycles. The second-order valence-corrected chi connectivity index (χ2v) is 7.20. The lowest BCUT2D eigenvalue weighted by Gasteiger charge is -2.14. The third kappa shape index (κ3) is 4.79. The fourth-order valence-corrected chi connectivity index (χ4v) is 3.47. The maximum absolute atomic E-state index is 12.8. The Labute approximate surface area is 180 Å². The molecule has 164 valence electrons. The van der Waals surface area contributed by atoms with Crippen molar-refractivity contribution in [2.24, 2.45) is 0 Å². The Morgan fingerprint density at radius 2 is 1.81 bits per heavy atom. The summed E-state index contributed by atoms with van der Waals surface area (Å²) < 4.78 is 16.5. The second kappa shape index (κ2) is 9.51. The average molecular weight is 425 g/mol. The van der Waals surface area contributed by atoms with Crippen molar-refractivity contribution < 1.29 is 19.0 Å². The summed E-state index contributed by atoms with van der Waals surface area (Å²) in [7, 11) is 4.67. The van der Waals surface area contributed by atoms with Gasteiger partial charge < -0.3 is 24.5 Å². The molecule has 3 rings (SSSR count). The van der Waals surface area contributed by atoms with Gasteiger partial charge in [0, 0.05) is 31.2 Å². The Morgan fingerprint density at radius 3 is 2.42 bits per heavy atom. The predicted octanol–water partition coefficient (Wildman–Crippen LogP) is 3.13. The normalized spacial score (nSPS) is 10.7. The molecular weight excluding hydrogens is 398 g/mol. The molecule has 0 saturated carbocycles. The topological polar surface area (TPSA) is 103 Å². The minimum Gasteiger partial charge on any atom is -0.497 e. The van der Waals surface area contributed by atoms with Crippen molar-refractivity contribution in [2.75, 3.05) is 27.9 Å². The summed E-state index contributed by atoms with van der Waals surface area (Å²) in [5.74, 6) is 2.17. The molecule has 3 aromatic rings. The van der Waals surface area contributed by atoms with Crippen molar-refractivity contribution in [2.45, 2.75) is 26.7 Å². The van der Waals surface area contributed by atoms with E-state index in [1.54, 1.807) is 26.3 Å². The van der Waals surface area contributed by atoms with E-state index in [0.717, 1.165) is 22.4 Å². The van der Waals surface area contributed by atoms with Crippen molar-refractivity contribution in [1.82, 2.24) is 15.3 Å². The average Bonchev–Trinajstić information content (AvgIpc) is 2.76. The number of nitrogens with zero attached hydrogens (tertiary/aromatic N) is 1. The van der Waals surface area contributed by atoms with Gasteiger partial charge in [0.15, 0.2) is 0 Å². The van der Waals surface area contributed by atoms with Gasteiger partial charge in [-0.15, -0.1) is 0 Å². The third-order valence-corrected chi connectivity index (χ3v) is 5.01. The number of hydrogen-bond acceptors (Lipinski definition) is 6. The molecule has 31 heavy (non-hydrogen) atoms. The highest BCUT2D eigenvalue weighted by Gasteiger charge is 2.15. The summed E-state index contributed by atoms with van der Waals surface area (Å²) in [5.41, 5.74) is 2.81. The van der Waals surface area contributed by atoms with Crippen LogP contribution < -0.4 is 25.1 Å². The zero-order valence-electron chi connectivity index (χ0n) is 18.4. The van der Waals surface area contributed by atoms with Gasteiger partial charge in [-0.05, 0) is 43.5 Å². The first-order chi connectivity index (χ1) is 14.9. The molecule has 2 aromatic carbocycles. The molecule has 1 amide bonds. The van der Waals surface area contributed by atoms with Gasteiger partial charge in [-0.25, -0.2) is 4.98 Å². The summed E-state index contributed by atoms with van der Waals surface area (Å²) in [6, 6.07) is 7.20. The maximum Gasteiger partial charge on any atom is 0.262 e. The van der Waals surface area contributed by atoms with Crippen molar-refractivity contribution in [1.29, 1.82) is 0 Å². The van der Waals surface area contributed by atoms with Crippen LogP contribution in [0.25, 0.3) is 22.3 Å². The molecule has 0 aliphatic rings. The first-order valence-electron chi connectivity index (χ1n) is 9.99. The van der Waals surface area contributed by atoms with Gasteiger partial charge in [0.25, 0.3) is 5.56 Å². The number of ether oxygens (including phenoxy) is 3. The summed E-state index contributed by atoms with van der Waals surface area (Å²) >= 11 is 0. The van der Waals surface area contributed by atoms with Crippen molar-refractivity contribution >= 4 is 16.8 Å². The molecule has 8 nitrogen and oxygen atoms in total. The number of fused-ring (bicyclic) bond motifs is 1. The number of aromatic nitrogens is 2. The quantitative estimate of drug-likeness (QED) is 0.538. The van der Waals surface area contributed by atoms with E-state index in [-0.39, 0.29) is 11.5 Å². The number of benzene rings is 2. The lowest BCUT2D eigenvalue weighted by molar-refractivity contribution is -0.120. The minimum absolute atomic E-state index is 0.00742. The first kappa shape index (κ1) is 22.1. The van der Waals surface area contributed by atoms with Gasteiger partial charge >= 0.3 is 0 Å². The number of H-pyrrole nitrogens is 1. The van der Waals surface area contributed by atoms with Crippen LogP contribution in [0.15, 0.2) is 29.1 Å². The van der Waals surface area contributed by atoms with E-state index in [1.807, 2.05) is 26.0 Å². The molecule has 0 unspecified atom stereocenters. The summed E-state index contributed by atoms with van der Waals surface area (Å²) in [4.78, 5) is 31.6. The lowest BCUT2D eigenvalue weighted by Crippen LogP contribution is -2.18. The van der Waals surface area contributed by atoms with E-state index < -0.39 is 0 Å². The van der Waals surface area contributed by atoms with E-state index in [4.69, 9.17) is 14.2 Å². The van der Waals surface area contributed by atoms with Gasteiger partial charge in [0.2, 0.25) is 5.91 Å². The third-order valence-electron chi connectivity index (χ3n) is 5.01. The number of methoxy groups -OCH3 is 2. The van der Waals surface area contributed by atoms with Gasteiger partial charge in [0.05, 0.1) is 26.3 Å². The maximum atomic E-state index is 12.8. The molecular formula is C23H27N3O5. The van der Waals surface area contributed by atoms with Gasteiger partial charge in [-0.2, -0.15) is 0 Å². The Hall–Kier alpha value is -3.55. The molecule has 8 heteroatoms. The van der Waals surface area contributed by atoms with Gasteiger partial charge in [0.1, 0.15) is 28.5 Å². The summed E-state index contributed by atoms with van der Waals surface area (Å²) in [6.07, 6.45) is 1.05. The molecule has 1 heterocycles. The van der Waals surface area contributed by atoms with Crippen LogP contribution >= 0.6 is 0 Å². The zero-order valence-corrected chi connectivity index (χ0v) is 18.4. The van der Waals surface area contributed by atoms with E-state index in [1.165, 1.54) is 7.11 Å². The predicted molar refractivity (Wildman–Crippen MR) is 119 cm³/mol. The van der Waals surface area contributed by atoms with Crippen LogP contribution in [0.1, 0.15) is 24.0 Å². The number of nitrogens with one attached hydrogen (secondary N) is 2. The standard InChI is InChI=1S/C23H27N3O5/c1-13-9-15(10-14(2)21(13)31-8-6-7-19(27)24-3)22-25-17-11-16(29-4)12-18(30-5)20(17)23(28)26-22/h9-12H,6-8H2,1-5H3,(H,24,27)(H,25,26,28). The van der Waals surface area contributed by atoms with E-state index in [9.17, 15) is 9.59 Å². The van der Waals surface area contributed by atoms with Crippen LogP contribution in [0.3, 0.4) is 0 Å². The minimum atomic E-state index is -0.288. The van der Waals surface area contributed by atoms with Crippen LogP contribution in [0.2, 0.25) is 0 Å². The fourth-order valence-electron chi connectivity index (χ4n) is 3.47. The highest BCUT2D eigenvalue weighted by atomic mass is 16.5. The SMILES string of the molecule is CNC(=O)CCCOc1c(C)cc(-c2nc3cc(OC)cc(OC)c3c(=O)[nH]2)cc1C. The number of amides is 1. The molecule has 1 aromatic heterocycles. The smallest absolute Gasteiger partial charge is 0.262 e. The molecule has 0 aliphatic heterocycles. The van der Waals surface area contributed by atoms with Crippen molar-refractivity contribution in [3.05, 3.63) is 45.7 Å². The highest BCUT2D eigenvalue weighted by molar-refractivity contribution is 5.87. The zero-order chi connectivity index (χ0) is 22.5. The van der Waals surface area contributed by atoms with E-state index >= 15 is 0 Å². The molecule has 0 bridgehead atoms.